The van der Waals surface area contributed by atoms with Crippen LogP contribution in [0.3, 0.4) is 0 Å². The van der Waals surface area contributed by atoms with Gasteiger partial charge in [0.2, 0.25) is 0 Å². The van der Waals surface area contributed by atoms with E-state index in [9.17, 15) is 4.79 Å². The van der Waals surface area contributed by atoms with Gasteiger partial charge in [-0.25, -0.2) is 4.79 Å². The van der Waals surface area contributed by atoms with Gasteiger partial charge in [-0.1, -0.05) is 56.3 Å². The van der Waals surface area contributed by atoms with Crippen molar-refractivity contribution >= 4 is 17.8 Å². The first-order valence-corrected chi connectivity index (χ1v) is 6.47. The summed E-state index contributed by atoms with van der Waals surface area (Å²) in [7, 11) is 0. The lowest BCUT2D eigenvalue weighted by Crippen LogP contribution is -2.10. The summed E-state index contributed by atoms with van der Waals surface area (Å²) in [5.41, 5.74) is 2.44. The van der Waals surface area contributed by atoms with Crippen molar-refractivity contribution in [3.63, 3.8) is 0 Å². The van der Waals surface area contributed by atoms with E-state index in [1.807, 2.05) is 18.2 Å². The molecule has 0 atom stereocenters. The zero-order chi connectivity index (χ0) is 15.2. The number of nitrogens with zero attached hydrogens (tertiary/aromatic N) is 1. The van der Waals surface area contributed by atoms with E-state index < -0.39 is 5.97 Å². The molecule has 0 radical (unpaired) electrons. The number of carboxylic acid groups (broad SMARTS) is 1. The molecule has 0 aromatic heterocycles. The standard InChI is InChI=1S/C16H21NO3/c1-12(15(18)19)17-20-11-5-6-13-7-9-14(10-8-13)16(2,3)4/h5-10H,11H2,1-4H3,(H,18,19). The van der Waals surface area contributed by atoms with Crippen molar-refractivity contribution in [1.29, 1.82) is 0 Å². The Bertz CT molecular complexity index is 508. The third-order valence-electron chi connectivity index (χ3n) is 2.77. The van der Waals surface area contributed by atoms with Crippen molar-refractivity contribution in [2.75, 3.05) is 6.61 Å². The maximum absolute atomic E-state index is 10.5. The van der Waals surface area contributed by atoms with Crippen LogP contribution in [-0.2, 0) is 15.0 Å². The van der Waals surface area contributed by atoms with Crippen molar-refractivity contribution in [3.8, 4) is 0 Å². The van der Waals surface area contributed by atoms with E-state index in [4.69, 9.17) is 9.94 Å². The molecule has 1 N–H and O–H groups in total. The van der Waals surface area contributed by atoms with Crippen LogP contribution in [0.1, 0.15) is 38.8 Å². The van der Waals surface area contributed by atoms with Crippen LogP contribution in [-0.4, -0.2) is 23.4 Å². The lowest BCUT2D eigenvalue weighted by molar-refractivity contribution is -0.129. The van der Waals surface area contributed by atoms with Crippen molar-refractivity contribution in [2.45, 2.75) is 33.1 Å². The summed E-state index contributed by atoms with van der Waals surface area (Å²) in [5.74, 6) is -1.08. The zero-order valence-electron chi connectivity index (χ0n) is 12.4. The highest BCUT2D eigenvalue weighted by molar-refractivity contribution is 6.34. The van der Waals surface area contributed by atoms with E-state index in [-0.39, 0.29) is 17.7 Å². The zero-order valence-corrected chi connectivity index (χ0v) is 12.4. The first-order valence-electron chi connectivity index (χ1n) is 6.47. The highest BCUT2D eigenvalue weighted by Gasteiger charge is 2.12. The lowest BCUT2D eigenvalue weighted by atomic mass is 9.87. The quantitative estimate of drug-likeness (QED) is 0.508. The van der Waals surface area contributed by atoms with Crippen molar-refractivity contribution < 1.29 is 14.7 Å². The summed E-state index contributed by atoms with van der Waals surface area (Å²) >= 11 is 0. The molecule has 4 heteroatoms. The smallest absolute Gasteiger partial charge is 0.353 e. The molecule has 20 heavy (non-hydrogen) atoms. The fourth-order valence-corrected chi connectivity index (χ4v) is 1.49. The number of oxime groups is 1. The Morgan fingerprint density at radius 3 is 2.40 bits per heavy atom. The van der Waals surface area contributed by atoms with Crippen LogP contribution < -0.4 is 0 Å². The summed E-state index contributed by atoms with van der Waals surface area (Å²) in [5, 5.41) is 12.0. The number of carbonyl (C=O) groups is 1. The van der Waals surface area contributed by atoms with Gasteiger partial charge in [-0.05, 0) is 29.5 Å². The number of aliphatic carboxylic acids is 1. The van der Waals surface area contributed by atoms with Crippen LogP contribution in [0.2, 0.25) is 0 Å². The summed E-state index contributed by atoms with van der Waals surface area (Å²) in [6.45, 7) is 8.15. The normalized spacial score (nSPS) is 12.7. The van der Waals surface area contributed by atoms with E-state index in [2.05, 4.69) is 38.1 Å². The molecule has 0 fully saturated rings. The Morgan fingerprint density at radius 1 is 1.30 bits per heavy atom. The van der Waals surface area contributed by atoms with Crippen LogP contribution >= 0.6 is 0 Å². The van der Waals surface area contributed by atoms with Crippen molar-refractivity contribution in [3.05, 3.63) is 41.5 Å². The molecule has 1 aromatic rings. The first-order chi connectivity index (χ1) is 9.30. The summed E-state index contributed by atoms with van der Waals surface area (Å²) in [6, 6.07) is 8.30. The first kappa shape index (κ1) is 16.0. The Hall–Kier alpha value is -2.10. The summed E-state index contributed by atoms with van der Waals surface area (Å²) < 4.78 is 0. The molecule has 0 aliphatic rings. The van der Waals surface area contributed by atoms with Crippen molar-refractivity contribution in [2.24, 2.45) is 5.16 Å². The van der Waals surface area contributed by atoms with E-state index in [1.165, 1.54) is 12.5 Å². The highest BCUT2D eigenvalue weighted by Crippen LogP contribution is 2.22. The average molecular weight is 275 g/mol. The van der Waals surface area contributed by atoms with Gasteiger partial charge in [0.15, 0.2) is 5.71 Å². The molecule has 0 aliphatic carbocycles. The number of hydrogen-bond acceptors (Lipinski definition) is 3. The van der Waals surface area contributed by atoms with Gasteiger partial charge in [0.05, 0.1) is 0 Å². The van der Waals surface area contributed by atoms with Crippen molar-refractivity contribution in [1.82, 2.24) is 0 Å². The van der Waals surface area contributed by atoms with Gasteiger partial charge in [-0.2, -0.15) is 0 Å². The van der Waals surface area contributed by atoms with E-state index in [1.54, 1.807) is 6.08 Å². The van der Waals surface area contributed by atoms with Gasteiger partial charge in [0.25, 0.3) is 0 Å². The lowest BCUT2D eigenvalue weighted by Gasteiger charge is -2.18. The molecule has 0 heterocycles. The SMILES string of the molecule is CC(=NOCC=Cc1ccc(C(C)(C)C)cc1)C(=O)O. The molecule has 0 unspecified atom stereocenters. The van der Waals surface area contributed by atoms with Crippen LogP contribution in [0.25, 0.3) is 6.08 Å². The third-order valence-corrected chi connectivity index (χ3v) is 2.77. The summed E-state index contributed by atoms with van der Waals surface area (Å²) in [4.78, 5) is 15.3. The van der Waals surface area contributed by atoms with Crippen LogP contribution in [0.15, 0.2) is 35.5 Å². The Balaban J connectivity index is 2.51. The van der Waals surface area contributed by atoms with E-state index in [0.29, 0.717) is 0 Å². The predicted octanol–water partition coefficient (Wildman–Crippen LogP) is 3.47. The molecule has 4 nitrogen and oxygen atoms in total. The van der Waals surface area contributed by atoms with Gasteiger partial charge in [-0.15, -0.1) is 0 Å². The molecule has 0 saturated carbocycles. The second-order valence-electron chi connectivity index (χ2n) is 5.55. The summed E-state index contributed by atoms with van der Waals surface area (Å²) in [6.07, 6.45) is 3.71. The van der Waals surface area contributed by atoms with Gasteiger partial charge in [-0.3, -0.25) is 0 Å². The number of hydrogen-bond donors (Lipinski definition) is 1. The maximum Gasteiger partial charge on any atom is 0.353 e. The molecular formula is C16H21NO3. The second-order valence-corrected chi connectivity index (χ2v) is 5.55. The number of rotatable bonds is 5. The molecule has 108 valence electrons. The molecular weight excluding hydrogens is 254 g/mol. The number of benzene rings is 1. The molecule has 0 spiro atoms. The van der Waals surface area contributed by atoms with Gasteiger partial charge in [0, 0.05) is 0 Å². The molecule has 0 bridgehead atoms. The molecule has 1 aromatic carbocycles. The molecule has 0 saturated heterocycles. The third kappa shape index (κ3) is 5.26. The Morgan fingerprint density at radius 2 is 1.90 bits per heavy atom. The fraction of sp³-hybridized carbons (Fsp3) is 0.375. The van der Waals surface area contributed by atoms with Gasteiger partial charge in [0.1, 0.15) is 6.61 Å². The largest absolute Gasteiger partial charge is 0.477 e. The van der Waals surface area contributed by atoms with Gasteiger partial charge < -0.3 is 9.94 Å². The second kappa shape index (κ2) is 6.89. The topological polar surface area (TPSA) is 58.9 Å². The Kier molecular flexibility index (Phi) is 5.50. The predicted molar refractivity (Wildman–Crippen MR) is 80.9 cm³/mol. The molecule has 0 amide bonds. The number of carboxylic acids is 1. The van der Waals surface area contributed by atoms with Crippen LogP contribution in [0.4, 0.5) is 0 Å². The minimum Gasteiger partial charge on any atom is -0.477 e. The van der Waals surface area contributed by atoms with Crippen LogP contribution in [0.5, 0.6) is 0 Å². The van der Waals surface area contributed by atoms with Crippen LogP contribution in [0, 0.1) is 0 Å². The average Bonchev–Trinajstić information content (AvgIpc) is 2.37. The Labute approximate surface area is 119 Å². The monoisotopic (exact) mass is 275 g/mol. The minimum atomic E-state index is -1.08. The highest BCUT2D eigenvalue weighted by atomic mass is 16.6. The molecule has 0 aliphatic heterocycles. The maximum atomic E-state index is 10.5. The van der Waals surface area contributed by atoms with E-state index in [0.717, 1.165) is 5.56 Å². The minimum absolute atomic E-state index is 0.0621. The fourth-order valence-electron chi connectivity index (χ4n) is 1.49. The van der Waals surface area contributed by atoms with E-state index >= 15 is 0 Å². The molecule has 1 rings (SSSR count). The van der Waals surface area contributed by atoms with Gasteiger partial charge >= 0.3 is 5.97 Å².